The molecule has 1 N–H and O–H groups in total. The van der Waals surface area contributed by atoms with Gasteiger partial charge in [0.1, 0.15) is 11.6 Å². The third-order valence-corrected chi connectivity index (χ3v) is 3.19. The summed E-state index contributed by atoms with van der Waals surface area (Å²) in [6, 6.07) is 5.88. The molecule has 7 heteroatoms. The largest absolute Gasteiger partial charge is 0.416 e. The molecule has 1 aromatic carbocycles. The summed E-state index contributed by atoms with van der Waals surface area (Å²) in [7, 11) is 0. The molecule has 0 amide bonds. The number of nitrogens with zero attached hydrogens (tertiary/aromatic N) is 1. The fraction of sp³-hybridized carbons (Fsp3) is 0.143. The number of H-pyrrole nitrogens is 1. The van der Waals surface area contributed by atoms with Gasteiger partial charge in [-0.25, -0.2) is 0 Å². The average molecular weight is 313 g/mol. The summed E-state index contributed by atoms with van der Waals surface area (Å²) in [6.07, 6.45) is -4.54. The maximum atomic E-state index is 12.8. The quantitative estimate of drug-likeness (QED) is 0.868. The first-order valence-corrected chi connectivity index (χ1v) is 6.13. The van der Waals surface area contributed by atoms with Crippen molar-refractivity contribution < 1.29 is 13.2 Å². The lowest BCUT2D eigenvalue weighted by Gasteiger charge is -2.12. The number of aromatic nitrogens is 1. The van der Waals surface area contributed by atoms with Gasteiger partial charge in [0.15, 0.2) is 0 Å². The molecule has 0 radical (unpaired) electrons. The Balaban J connectivity index is 2.79. The van der Waals surface area contributed by atoms with Crippen LogP contribution in [0.2, 0.25) is 5.02 Å². The van der Waals surface area contributed by atoms with E-state index in [-0.39, 0.29) is 21.7 Å². The summed E-state index contributed by atoms with van der Waals surface area (Å²) in [5.41, 5.74) is -1.35. The van der Waals surface area contributed by atoms with Gasteiger partial charge in [-0.2, -0.15) is 18.4 Å². The number of hydrogen-bond donors (Lipinski definition) is 1. The van der Waals surface area contributed by atoms with E-state index in [4.69, 9.17) is 16.9 Å². The van der Waals surface area contributed by atoms with Crippen LogP contribution in [0.25, 0.3) is 11.1 Å². The van der Waals surface area contributed by atoms with Crippen molar-refractivity contribution in [3.63, 3.8) is 0 Å². The van der Waals surface area contributed by atoms with Crippen LogP contribution in [0, 0.1) is 18.3 Å². The number of halogens is 4. The first-order chi connectivity index (χ1) is 9.74. The van der Waals surface area contributed by atoms with E-state index in [0.717, 1.165) is 18.2 Å². The second-order valence-electron chi connectivity index (χ2n) is 4.37. The van der Waals surface area contributed by atoms with E-state index in [2.05, 4.69) is 4.98 Å². The molecule has 0 aliphatic carbocycles. The number of nitriles is 1. The van der Waals surface area contributed by atoms with Crippen LogP contribution in [0.15, 0.2) is 29.1 Å². The van der Waals surface area contributed by atoms with Crippen LogP contribution in [0.5, 0.6) is 0 Å². The van der Waals surface area contributed by atoms with Gasteiger partial charge in [0, 0.05) is 21.8 Å². The predicted octanol–water partition coefficient (Wildman–Crippen LogP) is 3.89. The van der Waals surface area contributed by atoms with Crippen molar-refractivity contribution in [2.75, 3.05) is 0 Å². The molecule has 0 atom stereocenters. The van der Waals surface area contributed by atoms with Crippen LogP contribution in [0.3, 0.4) is 0 Å². The molecule has 0 aliphatic heterocycles. The number of alkyl halides is 3. The summed E-state index contributed by atoms with van der Waals surface area (Å²) < 4.78 is 38.3. The Kier molecular flexibility index (Phi) is 3.79. The number of rotatable bonds is 1. The van der Waals surface area contributed by atoms with Gasteiger partial charge in [-0.1, -0.05) is 11.6 Å². The fourth-order valence-electron chi connectivity index (χ4n) is 1.92. The zero-order valence-corrected chi connectivity index (χ0v) is 11.4. The summed E-state index contributed by atoms with van der Waals surface area (Å²) >= 11 is 5.93. The third kappa shape index (κ3) is 2.93. The Labute approximate surface area is 122 Å². The first kappa shape index (κ1) is 15.1. The third-order valence-electron chi connectivity index (χ3n) is 2.86. The smallest absolute Gasteiger partial charge is 0.325 e. The van der Waals surface area contributed by atoms with Crippen LogP contribution < -0.4 is 5.56 Å². The lowest BCUT2D eigenvalue weighted by Crippen LogP contribution is -2.13. The van der Waals surface area contributed by atoms with Crippen molar-refractivity contribution >= 4 is 11.6 Å². The van der Waals surface area contributed by atoms with Gasteiger partial charge >= 0.3 is 6.18 Å². The standard InChI is InChI=1S/C14H8ClF3N2O/c1-7-4-9(11(6-19)13(21)20-7)10-5-8(14(16,17)18)2-3-12(10)15/h2-5H,1H3,(H,20,21). The Hall–Kier alpha value is -2.26. The molecule has 0 spiro atoms. The van der Waals surface area contributed by atoms with Gasteiger partial charge < -0.3 is 4.98 Å². The highest BCUT2D eigenvalue weighted by atomic mass is 35.5. The summed E-state index contributed by atoms with van der Waals surface area (Å²) in [5.74, 6) is 0. The number of benzene rings is 1. The highest BCUT2D eigenvalue weighted by Crippen LogP contribution is 2.36. The first-order valence-electron chi connectivity index (χ1n) is 5.75. The number of hydrogen-bond acceptors (Lipinski definition) is 2. The van der Waals surface area contributed by atoms with Gasteiger partial charge in [0.2, 0.25) is 0 Å². The summed E-state index contributed by atoms with van der Waals surface area (Å²) in [5, 5.41) is 9.07. The fourth-order valence-corrected chi connectivity index (χ4v) is 2.14. The molecule has 0 bridgehead atoms. The zero-order chi connectivity index (χ0) is 15.8. The summed E-state index contributed by atoms with van der Waals surface area (Å²) in [4.78, 5) is 14.1. The Bertz CT molecular complexity index is 803. The molecule has 0 unspecified atom stereocenters. The second-order valence-corrected chi connectivity index (χ2v) is 4.78. The van der Waals surface area contributed by atoms with Crippen molar-refractivity contribution in [1.29, 1.82) is 5.26 Å². The highest BCUT2D eigenvalue weighted by molar-refractivity contribution is 6.33. The van der Waals surface area contributed by atoms with Crippen molar-refractivity contribution in [2.45, 2.75) is 13.1 Å². The van der Waals surface area contributed by atoms with E-state index in [1.807, 2.05) is 0 Å². The monoisotopic (exact) mass is 312 g/mol. The van der Waals surface area contributed by atoms with Crippen LogP contribution in [-0.2, 0) is 6.18 Å². The van der Waals surface area contributed by atoms with Crippen LogP contribution >= 0.6 is 11.6 Å². The molecule has 1 heterocycles. The SMILES string of the molecule is Cc1cc(-c2cc(C(F)(F)F)ccc2Cl)c(C#N)c(=O)[nH]1. The molecular weight excluding hydrogens is 305 g/mol. The lowest BCUT2D eigenvalue weighted by molar-refractivity contribution is -0.137. The van der Waals surface area contributed by atoms with Gasteiger partial charge in [-0.3, -0.25) is 4.79 Å². The average Bonchev–Trinajstić information content (AvgIpc) is 2.37. The summed E-state index contributed by atoms with van der Waals surface area (Å²) in [6.45, 7) is 1.56. The van der Waals surface area contributed by atoms with E-state index < -0.39 is 17.3 Å². The van der Waals surface area contributed by atoms with Crippen molar-refractivity contribution in [1.82, 2.24) is 4.98 Å². The molecule has 21 heavy (non-hydrogen) atoms. The molecule has 2 rings (SSSR count). The van der Waals surface area contributed by atoms with E-state index in [9.17, 15) is 18.0 Å². The minimum atomic E-state index is -4.54. The molecule has 1 aromatic heterocycles. The van der Waals surface area contributed by atoms with Crippen LogP contribution in [0.4, 0.5) is 13.2 Å². The maximum absolute atomic E-state index is 12.8. The van der Waals surface area contributed by atoms with E-state index >= 15 is 0 Å². The minimum absolute atomic E-state index is 0.00255. The molecule has 0 fully saturated rings. The van der Waals surface area contributed by atoms with E-state index in [1.165, 1.54) is 6.07 Å². The van der Waals surface area contributed by atoms with Crippen molar-refractivity contribution in [2.24, 2.45) is 0 Å². The van der Waals surface area contributed by atoms with Gasteiger partial charge in [0.25, 0.3) is 5.56 Å². The maximum Gasteiger partial charge on any atom is 0.416 e. The number of aryl methyl sites for hydroxylation is 1. The Morgan fingerprint density at radius 3 is 2.48 bits per heavy atom. The molecule has 0 saturated carbocycles. The Morgan fingerprint density at radius 2 is 1.90 bits per heavy atom. The van der Waals surface area contributed by atoms with Crippen molar-refractivity contribution in [3.8, 4) is 17.2 Å². The molecule has 3 nitrogen and oxygen atoms in total. The number of nitrogens with one attached hydrogen (secondary N) is 1. The molecule has 108 valence electrons. The highest BCUT2D eigenvalue weighted by Gasteiger charge is 2.31. The lowest BCUT2D eigenvalue weighted by atomic mass is 9.99. The van der Waals surface area contributed by atoms with Gasteiger partial charge in [0.05, 0.1) is 5.56 Å². The normalized spacial score (nSPS) is 11.2. The van der Waals surface area contributed by atoms with E-state index in [1.54, 1.807) is 13.0 Å². The number of aromatic amines is 1. The molecule has 0 aliphatic rings. The Morgan fingerprint density at radius 1 is 1.24 bits per heavy atom. The predicted molar refractivity (Wildman–Crippen MR) is 72.0 cm³/mol. The van der Waals surface area contributed by atoms with Crippen LogP contribution in [0.1, 0.15) is 16.8 Å². The minimum Gasteiger partial charge on any atom is -0.325 e. The molecule has 0 saturated heterocycles. The van der Waals surface area contributed by atoms with Crippen LogP contribution in [-0.4, -0.2) is 4.98 Å². The number of pyridine rings is 1. The topological polar surface area (TPSA) is 56.6 Å². The van der Waals surface area contributed by atoms with Crippen molar-refractivity contribution in [3.05, 3.63) is 56.5 Å². The van der Waals surface area contributed by atoms with E-state index in [0.29, 0.717) is 5.69 Å². The van der Waals surface area contributed by atoms with Gasteiger partial charge in [-0.15, -0.1) is 0 Å². The second kappa shape index (κ2) is 5.26. The molecular formula is C14H8ClF3N2O. The molecule has 2 aromatic rings. The van der Waals surface area contributed by atoms with Gasteiger partial charge in [-0.05, 0) is 31.2 Å². The zero-order valence-electron chi connectivity index (χ0n) is 10.7.